The Balaban J connectivity index is 1.11. The molecule has 1 saturated heterocycles. The van der Waals surface area contributed by atoms with Gasteiger partial charge in [0.25, 0.3) is 0 Å². The zero-order valence-corrected chi connectivity index (χ0v) is 19.7. The van der Waals surface area contributed by atoms with Crippen molar-refractivity contribution in [2.45, 2.75) is 25.4 Å². The minimum atomic E-state index is -4.47. The van der Waals surface area contributed by atoms with E-state index in [2.05, 4.69) is 40.4 Å². The fourth-order valence-corrected chi connectivity index (χ4v) is 4.45. The third-order valence-electron chi connectivity index (χ3n) is 6.57. The van der Waals surface area contributed by atoms with Gasteiger partial charge >= 0.3 is 30.0 Å². The number of alkyl halides is 3. The molecule has 1 spiro atoms. The zero-order chi connectivity index (χ0) is 26.9. The maximum absolute atomic E-state index is 12.5. The summed E-state index contributed by atoms with van der Waals surface area (Å²) in [5.74, 6) is -1.42. The number of carboxylic acids is 1. The van der Waals surface area contributed by atoms with Gasteiger partial charge in [0.2, 0.25) is 5.88 Å². The Morgan fingerprint density at radius 2 is 1.84 bits per heavy atom. The molecule has 12 nitrogen and oxygen atoms in total. The van der Waals surface area contributed by atoms with Crippen molar-refractivity contribution >= 4 is 35.1 Å². The van der Waals surface area contributed by atoms with Crippen LogP contribution >= 0.6 is 0 Å². The molecular formula is C23H22F3N7O5. The first-order valence-corrected chi connectivity index (χ1v) is 11.6. The third-order valence-corrected chi connectivity index (χ3v) is 6.57. The molecular weight excluding hydrogens is 511 g/mol. The van der Waals surface area contributed by atoms with Crippen LogP contribution in [0, 0.1) is 11.3 Å². The number of aromatic nitrogens is 4. The highest BCUT2D eigenvalue weighted by molar-refractivity contribution is 6.00. The van der Waals surface area contributed by atoms with Crippen LogP contribution in [0.1, 0.15) is 29.9 Å². The summed E-state index contributed by atoms with van der Waals surface area (Å²) in [4.78, 5) is 34.0. The predicted octanol–water partition coefficient (Wildman–Crippen LogP) is 3.49. The number of carboxylic acid groups (broad SMARTS) is 1. The Morgan fingerprint density at radius 1 is 1.11 bits per heavy atom. The number of hydrogen-bond donors (Lipinski definition) is 3. The molecule has 0 bridgehead atoms. The van der Waals surface area contributed by atoms with E-state index in [-0.39, 0.29) is 29.1 Å². The van der Waals surface area contributed by atoms with Gasteiger partial charge < -0.3 is 29.8 Å². The number of ether oxygens (including phenoxy) is 1. The number of anilines is 4. The Labute approximate surface area is 213 Å². The number of halogens is 3. The van der Waals surface area contributed by atoms with Crippen LogP contribution in [0.25, 0.3) is 0 Å². The molecule has 0 radical (unpaired) electrons. The highest BCUT2D eigenvalue weighted by Crippen LogP contribution is 2.59. The lowest BCUT2D eigenvalue weighted by atomic mass is 9.91. The van der Waals surface area contributed by atoms with Crippen molar-refractivity contribution in [1.82, 2.24) is 20.2 Å². The summed E-state index contributed by atoms with van der Waals surface area (Å²) in [6.07, 6.45) is 0.594. The van der Waals surface area contributed by atoms with Crippen molar-refractivity contribution in [3.05, 3.63) is 42.5 Å². The molecule has 200 valence electrons. The van der Waals surface area contributed by atoms with Gasteiger partial charge in [0.15, 0.2) is 6.61 Å². The number of piperidine rings is 1. The molecule has 15 heteroatoms. The largest absolute Gasteiger partial charge is 0.481 e. The van der Waals surface area contributed by atoms with Crippen LogP contribution < -0.4 is 20.3 Å². The van der Waals surface area contributed by atoms with Gasteiger partial charge in [-0.25, -0.2) is 9.97 Å². The molecule has 2 fully saturated rings. The van der Waals surface area contributed by atoms with Gasteiger partial charge in [-0.1, -0.05) is 5.10 Å². The van der Waals surface area contributed by atoms with Gasteiger partial charge in [-0.05, 0) is 42.9 Å². The third kappa shape index (κ3) is 5.76. The average Bonchev–Trinajstić information content (AvgIpc) is 3.38. The number of hydrogen-bond acceptors (Lipinski definition) is 10. The van der Waals surface area contributed by atoms with E-state index in [4.69, 9.17) is 4.42 Å². The second-order valence-electron chi connectivity index (χ2n) is 9.13. The summed E-state index contributed by atoms with van der Waals surface area (Å²) in [5.41, 5.74) is 0.661. The minimum absolute atomic E-state index is 0.0704. The molecule has 2 aliphatic rings. The molecule has 4 heterocycles. The Kier molecular flexibility index (Phi) is 6.50. The maximum atomic E-state index is 12.5. The normalized spacial score (nSPS) is 18.2. The average molecular weight is 533 g/mol. The van der Waals surface area contributed by atoms with Gasteiger partial charge in [-0.3, -0.25) is 9.59 Å². The molecule has 1 aliphatic heterocycles. The van der Waals surface area contributed by atoms with Crippen LogP contribution in [0.3, 0.4) is 0 Å². The molecule has 0 aromatic carbocycles. The zero-order valence-electron chi connectivity index (χ0n) is 19.7. The Hall–Kier alpha value is -4.43. The summed E-state index contributed by atoms with van der Waals surface area (Å²) >= 11 is 0. The van der Waals surface area contributed by atoms with Crippen LogP contribution in [-0.2, 0) is 4.79 Å². The highest BCUT2D eigenvalue weighted by atomic mass is 19.4. The number of pyridine rings is 2. The van der Waals surface area contributed by atoms with Crippen molar-refractivity contribution in [3.63, 3.8) is 0 Å². The van der Waals surface area contributed by atoms with Crippen molar-refractivity contribution < 1.29 is 37.0 Å². The van der Waals surface area contributed by atoms with Crippen molar-refractivity contribution in [2.24, 2.45) is 11.3 Å². The molecule has 3 N–H and O–H groups in total. The predicted molar refractivity (Wildman–Crippen MR) is 125 cm³/mol. The van der Waals surface area contributed by atoms with E-state index in [0.29, 0.717) is 11.4 Å². The van der Waals surface area contributed by atoms with E-state index in [1.54, 1.807) is 12.1 Å². The van der Waals surface area contributed by atoms with Crippen LogP contribution in [-0.4, -0.2) is 63.0 Å². The van der Waals surface area contributed by atoms with Crippen LogP contribution in [0.15, 0.2) is 41.1 Å². The number of aliphatic carboxylic acids is 1. The molecule has 1 amide bonds. The molecule has 3 aromatic heterocycles. The van der Waals surface area contributed by atoms with E-state index < -0.39 is 24.7 Å². The van der Waals surface area contributed by atoms with Crippen LogP contribution in [0.2, 0.25) is 0 Å². The Bertz CT molecular complexity index is 1310. The second-order valence-corrected chi connectivity index (χ2v) is 9.13. The smallest absolute Gasteiger partial charge is 0.422 e. The SMILES string of the molecule is O=C(Nc1ccc(N2CCC3(CC2)CC3C(=O)O)nc1)c1nnc(Nc2ccc(OCC(F)(F)F)nc2)o1. The lowest BCUT2D eigenvalue weighted by Gasteiger charge is -2.33. The van der Waals surface area contributed by atoms with Crippen molar-refractivity contribution in [3.8, 4) is 5.88 Å². The minimum Gasteiger partial charge on any atom is -0.481 e. The summed E-state index contributed by atoms with van der Waals surface area (Å²) in [6, 6.07) is 5.96. The van der Waals surface area contributed by atoms with E-state index in [0.717, 1.165) is 38.2 Å². The maximum Gasteiger partial charge on any atom is 0.422 e. The van der Waals surface area contributed by atoms with Gasteiger partial charge in [0.1, 0.15) is 5.82 Å². The number of carbonyl (C=O) groups is 2. The number of nitrogens with zero attached hydrogens (tertiary/aromatic N) is 5. The number of carbonyl (C=O) groups excluding carboxylic acids is 1. The number of amides is 1. The summed E-state index contributed by atoms with van der Waals surface area (Å²) in [7, 11) is 0. The quantitative estimate of drug-likeness (QED) is 0.390. The van der Waals surface area contributed by atoms with Crippen LogP contribution in [0.5, 0.6) is 5.88 Å². The molecule has 1 saturated carbocycles. The lowest BCUT2D eigenvalue weighted by molar-refractivity contribution is -0.154. The first-order chi connectivity index (χ1) is 18.1. The van der Waals surface area contributed by atoms with Crippen molar-refractivity contribution in [1.29, 1.82) is 0 Å². The summed E-state index contributed by atoms with van der Waals surface area (Å²) in [5, 5.41) is 21.9. The van der Waals surface area contributed by atoms with Crippen molar-refractivity contribution in [2.75, 3.05) is 35.2 Å². The lowest BCUT2D eigenvalue weighted by Crippen LogP contribution is -2.36. The standard InChI is InChI=1S/C23H22F3N7O5/c24-23(25,26)12-37-17-4-2-14(11-28-17)30-21-32-31-19(38-21)18(34)29-13-1-3-16(27-10-13)33-7-5-22(6-8-33)9-15(22)20(35)36/h1-4,10-11,15H,5-9,12H2,(H,29,34)(H,30,32)(H,35,36). The Morgan fingerprint density at radius 3 is 2.45 bits per heavy atom. The molecule has 1 unspecified atom stereocenters. The fraction of sp³-hybridized carbons (Fsp3) is 0.391. The van der Waals surface area contributed by atoms with E-state index in [1.807, 2.05) is 0 Å². The van der Waals surface area contributed by atoms with Gasteiger partial charge in [0.05, 0.1) is 29.7 Å². The first kappa shape index (κ1) is 25.2. The molecule has 5 rings (SSSR count). The second kappa shape index (κ2) is 9.79. The summed E-state index contributed by atoms with van der Waals surface area (Å²) < 4.78 is 46.5. The molecule has 38 heavy (non-hydrogen) atoms. The molecule has 1 aliphatic carbocycles. The summed E-state index contributed by atoms with van der Waals surface area (Å²) in [6.45, 7) is -0.0147. The van der Waals surface area contributed by atoms with Crippen LogP contribution in [0.4, 0.5) is 36.4 Å². The monoisotopic (exact) mass is 533 g/mol. The fourth-order valence-electron chi connectivity index (χ4n) is 4.45. The van der Waals surface area contributed by atoms with E-state index >= 15 is 0 Å². The highest BCUT2D eigenvalue weighted by Gasteiger charge is 2.58. The molecule has 1 atom stereocenters. The first-order valence-electron chi connectivity index (χ1n) is 11.6. The van der Waals surface area contributed by atoms with Gasteiger partial charge in [0, 0.05) is 19.2 Å². The molecule has 3 aromatic rings. The van der Waals surface area contributed by atoms with E-state index in [9.17, 15) is 27.9 Å². The topological polar surface area (TPSA) is 156 Å². The van der Waals surface area contributed by atoms with E-state index in [1.165, 1.54) is 24.5 Å². The number of nitrogens with one attached hydrogen (secondary N) is 2. The van der Waals surface area contributed by atoms with Gasteiger partial charge in [-0.2, -0.15) is 13.2 Å². The number of rotatable bonds is 8. The van der Waals surface area contributed by atoms with Gasteiger partial charge in [-0.15, -0.1) is 5.10 Å².